The number of benzene rings is 1. The van der Waals surface area contributed by atoms with Gasteiger partial charge in [-0.05, 0) is 17.7 Å². The van der Waals surface area contributed by atoms with Crippen molar-refractivity contribution in [3.05, 3.63) is 29.8 Å². The topological polar surface area (TPSA) is 84.7 Å². The van der Waals surface area contributed by atoms with E-state index in [-0.39, 0.29) is 6.54 Å². The SMILES string of the molecule is CCN(Cc1cccc(N)c1)S(=O)(=O)NCCOC. The monoisotopic (exact) mass is 287 g/mol. The first-order valence-electron chi connectivity index (χ1n) is 6.07. The molecule has 0 aliphatic carbocycles. The normalized spacial score (nSPS) is 11.9. The van der Waals surface area contributed by atoms with Gasteiger partial charge in [0.2, 0.25) is 0 Å². The molecule has 0 radical (unpaired) electrons. The van der Waals surface area contributed by atoms with E-state index in [1.54, 1.807) is 19.1 Å². The van der Waals surface area contributed by atoms with Crippen molar-refractivity contribution in [1.29, 1.82) is 0 Å². The number of nitrogen functional groups attached to an aromatic ring is 1. The molecule has 1 aromatic carbocycles. The first kappa shape index (κ1) is 15.9. The predicted molar refractivity (Wildman–Crippen MR) is 75.7 cm³/mol. The molecule has 0 heterocycles. The predicted octanol–water partition coefficient (Wildman–Crippen LogP) is 0.572. The molecular weight excluding hydrogens is 266 g/mol. The van der Waals surface area contributed by atoms with Crippen molar-refractivity contribution in [3.63, 3.8) is 0 Å². The van der Waals surface area contributed by atoms with Crippen LogP contribution in [0.15, 0.2) is 24.3 Å². The summed E-state index contributed by atoms with van der Waals surface area (Å²) in [6.45, 7) is 3.07. The van der Waals surface area contributed by atoms with Crippen LogP contribution in [0.5, 0.6) is 0 Å². The molecule has 0 saturated heterocycles. The van der Waals surface area contributed by atoms with E-state index >= 15 is 0 Å². The van der Waals surface area contributed by atoms with Gasteiger partial charge >= 0.3 is 0 Å². The number of rotatable bonds is 8. The molecule has 0 unspecified atom stereocenters. The molecule has 7 heteroatoms. The Labute approximate surface area is 114 Å². The highest BCUT2D eigenvalue weighted by atomic mass is 32.2. The number of nitrogens with zero attached hydrogens (tertiary/aromatic N) is 1. The van der Waals surface area contributed by atoms with Gasteiger partial charge in [-0.3, -0.25) is 0 Å². The van der Waals surface area contributed by atoms with E-state index in [4.69, 9.17) is 10.5 Å². The van der Waals surface area contributed by atoms with Gasteiger partial charge in [0.05, 0.1) is 6.61 Å². The molecule has 6 nitrogen and oxygen atoms in total. The summed E-state index contributed by atoms with van der Waals surface area (Å²) in [5.41, 5.74) is 7.17. The van der Waals surface area contributed by atoms with Crippen LogP contribution in [0.3, 0.4) is 0 Å². The van der Waals surface area contributed by atoms with Gasteiger partial charge in [0, 0.05) is 32.4 Å². The molecule has 0 fully saturated rings. The lowest BCUT2D eigenvalue weighted by molar-refractivity contribution is 0.203. The highest BCUT2D eigenvalue weighted by molar-refractivity contribution is 7.87. The van der Waals surface area contributed by atoms with Crippen molar-refractivity contribution in [1.82, 2.24) is 9.03 Å². The molecule has 0 bridgehead atoms. The Morgan fingerprint density at radius 2 is 2.16 bits per heavy atom. The van der Waals surface area contributed by atoms with E-state index in [9.17, 15) is 8.42 Å². The zero-order valence-electron chi connectivity index (χ0n) is 11.3. The van der Waals surface area contributed by atoms with Crippen LogP contribution in [0.4, 0.5) is 5.69 Å². The lowest BCUT2D eigenvalue weighted by atomic mass is 10.2. The minimum atomic E-state index is -3.49. The third kappa shape index (κ3) is 5.15. The Morgan fingerprint density at radius 1 is 1.42 bits per heavy atom. The quantitative estimate of drug-likeness (QED) is 0.541. The standard InChI is InChI=1S/C12H21N3O3S/c1-3-15(19(16,17)14-7-8-18-2)10-11-5-4-6-12(13)9-11/h4-6,9,14H,3,7-8,10,13H2,1-2H3. The zero-order valence-corrected chi connectivity index (χ0v) is 12.1. The first-order valence-corrected chi connectivity index (χ1v) is 7.51. The van der Waals surface area contributed by atoms with E-state index in [0.717, 1.165) is 5.56 Å². The van der Waals surface area contributed by atoms with Crippen molar-refractivity contribution >= 4 is 15.9 Å². The van der Waals surface area contributed by atoms with Crippen LogP contribution < -0.4 is 10.5 Å². The van der Waals surface area contributed by atoms with E-state index in [1.807, 2.05) is 12.1 Å². The summed E-state index contributed by atoms with van der Waals surface area (Å²) in [4.78, 5) is 0. The molecule has 0 aromatic heterocycles. The Bertz CT molecular complexity index is 491. The Kier molecular flexibility index (Phi) is 6.23. The lowest BCUT2D eigenvalue weighted by Crippen LogP contribution is -2.41. The van der Waals surface area contributed by atoms with Crippen molar-refractivity contribution in [2.24, 2.45) is 0 Å². The number of nitrogens with one attached hydrogen (secondary N) is 1. The molecule has 0 amide bonds. The Morgan fingerprint density at radius 3 is 2.74 bits per heavy atom. The number of anilines is 1. The van der Waals surface area contributed by atoms with Gasteiger partial charge in [0.15, 0.2) is 0 Å². The van der Waals surface area contributed by atoms with Crippen molar-refractivity contribution in [3.8, 4) is 0 Å². The van der Waals surface area contributed by atoms with E-state index in [0.29, 0.717) is 25.4 Å². The second-order valence-corrected chi connectivity index (χ2v) is 5.82. The minimum absolute atomic E-state index is 0.256. The molecule has 0 aliphatic heterocycles. The van der Waals surface area contributed by atoms with Gasteiger partial charge in [-0.2, -0.15) is 17.4 Å². The van der Waals surface area contributed by atoms with Gasteiger partial charge in [-0.15, -0.1) is 0 Å². The molecule has 0 spiro atoms. The van der Waals surface area contributed by atoms with E-state index in [1.165, 1.54) is 11.4 Å². The van der Waals surface area contributed by atoms with Gasteiger partial charge in [-0.1, -0.05) is 19.1 Å². The fourth-order valence-corrected chi connectivity index (χ4v) is 2.81. The van der Waals surface area contributed by atoms with Crippen LogP contribution in [0.1, 0.15) is 12.5 Å². The Balaban J connectivity index is 2.72. The third-order valence-electron chi connectivity index (χ3n) is 2.59. The molecule has 108 valence electrons. The fourth-order valence-electron chi connectivity index (χ4n) is 1.63. The number of nitrogens with two attached hydrogens (primary N) is 1. The van der Waals surface area contributed by atoms with Gasteiger partial charge in [-0.25, -0.2) is 0 Å². The summed E-state index contributed by atoms with van der Waals surface area (Å²) in [5.74, 6) is 0. The third-order valence-corrected chi connectivity index (χ3v) is 4.23. The van der Waals surface area contributed by atoms with Crippen LogP contribution in [-0.4, -0.2) is 39.5 Å². The van der Waals surface area contributed by atoms with Crippen LogP contribution in [0.2, 0.25) is 0 Å². The summed E-state index contributed by atoms with van der Waals surface area (Å²) in [5, 5.41) is 0. The highest BCUT2D eigenvalue weighted by Gasteiger charge is 2.19. The van der Waals surface area contributed by atoms with Gasteiger partial charge in [0.25, 0.3) is 10.2 Å². The molecule has 3 N–H and O–H groups in total. The summed E-state index contributed by atoms with van der Waals surface area (Å²) in [6, 6.07) is 7.20. The number of hydrogen-bond acceptors (Lipinski definition) is 4. The second kappa shape index (κ2) is 7.44. The highest BCUT2D eigenvalue weighted by Crippen LogP contribution is 2.11. The lowest BCUT2D eigenvalue weighted by Gasteiger charge is -2.21. The molecule has 19 heavy (non-hydrogen) atoms. The van der Waals surface area contributed by atoms with Crippen LogP contribution in [0.25, 0.3) is 0 Å². The van der Waals surface area contributed by atoms with Gasteiger partial charge in [0.1, 0.15) is 0 Å². The number of ether oxygens (including phenoxy) is 1. The van der Waals surface area contributed by atoms with Crippen LogP contribution in [0, 0.1) is 0 Å². The summed E-state index contributed by atoms with van der Waals surface area (Å²) in [6.07, 6.45) is 0. The van der Waals surface area contributed by atoms with Crippen LogP contribution in [-0.2, 0) is 21.5 Å². The number of hydrogen-bond donors (Lipinski definition) is 2. The van der Waals surface area contributed by atoms with E-state index in [2.05, 4.69) is 4.72 Å². The molecular formula is C12H21N3O3S. The molecule has 0 saturated carbocycles. The largest absolute Gasteiger partial charge is 0.399 e. The smallest absolute Gasteiger partial charge is 0.279 e. The maximum absolute atomic E-state index is 12.1. The molecule has 1 aromatic rings. The van der Waals surface area contributed by atoms with Gasteiger partial charge < -0.3 is 10.5 Å². The zero-order chi connectivity index (χ0) is 14.3. The maximum atomic E-state index is 12.1. The van der Waals surface area contributed by atoms with Crippen molar-refractivity contribution < 1.29 is 13.2 Å². The molecule has 1 rings (SSSR count). The fraction of sp³-hybridized carbons (Fsp3) is 0.500. The van der Waals surface area contributed by atoms with Crippen LogP contribution >= 0.6 is 0 Å². The van der Waals surface area contributed by atoms with E-state index < -0.39 is 10.2 Å². The summed E-state index contributed by atoms with van der Waals surface area (Å²) in [7, 11) is -1.97. The Hall–Kier alpha value is -1.15. The van der Waals surface area contributed by atoms with Crippen molar-refractivity contribution in [2.45, 2.75) is 13.5 Å². The summed E-state index contributed by atoms with van der Waals surface area (Å²) < 4.78 is 32.8. The first-order chi connectivity index (χ1) is 8.99. The molecule has 0 aliphatic rings. The number of methoxy groups -OCH3 is 1. The van der Waals surface area contributed by atoms with Crippen molar-refractivity contribution in [2.75, 3.05) is 32.5 Å². The minimum Gasteiger partial charge on any atom is -0.399 e. The molecule has 0 atom stereocenters. The average Bonchev–Trinajstić information content (AvgIpc) is 2.36. The average molecular weight is 287 g/mol. The second-order valence-electron chi connectivity index (χ2n) is 4.06. The summed E-state index contributed by atoms with van der Waals surface area (Å²) >= 11 is 0. The maximum Gasteiger partial charge on any atom is 0.279 e.